The zero-order valence-corrected chi connectivity index (χ0v) is 8.03. The topological polar surface area (TPSA) is 51.2 Å². The Hall–Kier alpha value is -1.23. The summed E-state index contributed by atoms with van der Waals surface area (Å²) >= 11 is 0. The molecule has 0 N–H and O–H groups in total. The Kier molecular flexibility index (Phi) is 2.11. The second-order valence-corrected chi connectivity index (χ2v) is 4.15. The second kappa shape index (κ2) is 3.16. The smallest absolute Gasteiger partial charge is 0.218 e. The molecule has 0 bridgehead atoms. The van der Waals surface area contributed by atoms with E-state index in [4.69, 9.17) is 0 Å². The van der Waals surface area contributed by atoms with E-state index in [2.05, 4.69) is 0 Å². The van der Waals surface area contributed by atoms with Gasteiger partial charge in [-0.1, -0.05) is 0 Å². The van der Waals surface area contributed by atoms with Crippen LogP contribution in [-0.2, 0) is 15.1 Å². The van der Waals surface area contributed by atoms with Gasteiger partial charge >= 0.3 is 0 Å². The molecule has 0 aliphatic heterocycles. The third-order valence-corrected chi connectivity index (χ3v) is 3.19. The molecule has 0 aromatic rings. The van der Waals surface area contributed by atoms with Gasteiger partial charge in [-0.25, -0.2) is 4.39 Å². The SMILES string of the molecule is O=C1CCC2=C1C(=S(=O)=O)CC=C2F. The van der Waals surface area contributed by atoms with E-state index in [9.17, 15) is 17.6 Å². The molecule has 0 aromatic carbocycles. The van der Waals surface area contributed by atoms with Crippen LogP contribution in [0.5, 0.6) is 0 Å². The quantitative estimate of drug-likeness (QED) is 0.564. The second-order valence-electron chi connectivity index (χ2n) is 3.19. The maximum atomic E-state index is 13.2. The fraction of sp³-hybridized carbons (Fsp3) is 0.333. The highest BCUT2D eigenvalue weighted by atomic mass is 32.2. The summed E-state index contributed by atoms with van der Waals surface area (Å²) in [5.41, 5.74) is 0.360. The molecular formula is C9H7FO3S. The van der Waals surface area contributed by atoms with Gasteiger partial charge in [0, 0.05) is 24.0 Å². The van der Waals surface area contributed by atoms with Crippen LogP contribution >= 0.6 is 0 Å². The van der Waals surface area contributed by atoms with Crippen molar-refractivity contribution in [1.82, 2.24) is 0 Å². The summed E-state index contributed by atoms with van der Waals surface area (Å²) in [5, 5.41) is 0. The van der Waals surface area contributed by atoms with Crippen molar-refractivity contribution in [2.24, 2.45) is 0 Å². The standard InChI is InChI=1S/C9H7FO3S/c10-6-2-4-8(14(12)13)9-5(6)1-3-7(9)11/h2H,1,3-4H2. The van der Waals surface area contributed by atoms with Gasteiger partial charge in [0.05, 0.1) is 4.86 Å². The lowest BCUT2D eigenvalue weighted by molar-refractivity contribution is -0.114. The van der Waals surface area contributed by atoms with E-state index in [1.54, 1.807) is 0 Å². The molecule has 0 saturated heterocycles. The predicted molar refractivity (Wildman–Crippen MR) is 49.0 cm³/mol. The lowest BCUT2D eigenvalue weighted by Crippen LogP contribution is -2.13. The van der Waals surface area contributed by atoms with Crippen molar-refractivity contribution >= 4 is 20.9 Å². The Morgan fingerprint density at radius 1 is 1.29 bits per heavy atom. The van der Waals surface area contributed by atoms with Crippen LogP contribution in [-0.4, -0.2) is 19.1 Å². The van der Waals surface area contributed by atoms with E-state index >= 15 is 0 Å². The van der Waals surface area contributed by atoms with E-state index in [-0.39, 0.29) is 34.6 Å². The number of rotatable bonds is 0. The summed E-state index contributed by atoms with van der Waals surface area (Å²) in [5.74, 6) is -0.706. The largest absolute Gasteiger partial charge is 0.294 e. The van der Waals surface area contributed by atoms with E-state index < -0.39 is 16.1 Å². The van der Waals surface area contributed by atoms with Crippen molar-refractivity contribution in [3.8, 4) is 0 Å². The van der Waals surface area contributed by atoms with E-state index in [0.717, 1.165) is 0 Å². The fourth-order valence-electron chi connectivity index (χ4n) is 1.78. The van der Waals surface area contributed by atoms with Crippen LogP contribution in [0.1, 0.15) is 19.3 Å². The van der Waals surface area contributed by atoms with Crippen LogP contribution < -0.4 is 0 Å². The minimum atomic E-state index is -2.42. The number of carbonyl (C=O) groups excluding carboxylic acids is 1. The molecule has 3 nitrogen and oxygen atoms in total. The molecule has 2 aliphatic rings. The molecular weight excluding hydrogens is 207 g/mol. The summed E-state index contributed by atoms with van der Waals surface area (Å²) in [6, 6.07) is 0. The van der Waals surface area contributed by atoms with Crippen LogP contribution in [0.25, 0.3) is 0 Å². The lowest BCUT2D eigenvalue weighted by atomic mass is 9.99. The highest BCUT2D eigenvalue weighted by molar-refractivity contribution is 7.73. The minimum absolute atomic E-state index is 0.00742. The first-order valence-electron chi connectivity index (χ1n) is 4.19. The third kappa shape index (κ3) is 1.24. The van der Waals surface area contributed by atoms with Gasteiger partial charge in [0.1, 0.15) is 5.83 Å². The number of carbonyl (C=O) groups is 1. The molecule has 0 radical (unpaired) electrons. The first kappa shape index (κ1) is 9.33. The number of Topliss-reactive ketones (excluding diaryl/α,β-unsaturated/α-hetero) is 1. The van der Waals surface area contributed by atoms with E-state index in [1.165, 1.54) is 6.08 Å². The third-order valence-electron chi connectivity index (χ3n) is 2.42. The van der Waals surface area contributed by atoms with Gasteiger partial charge in [-0.2, -0.15) is 8.42 Å². The maximum absolute atomic E-state index is 13.2. The molecule has 74 valence electrons. The molecule has 0 spiro atoms. The van der Waals surface area contributed by atoms with Gasteiger partial charge in [0.25, 0.3) is 0 Å². The number of hydrogen-bond donors (Lipinski definition) is 0. The Morgan fingerprint density at radius 2 is 2.00 bits per heavy atom. The van der Waals surface area contributed by atoms with Gasteiger partial charge in [0.2, 0.25) is 10.3 Å². The Labute approximate surface area is 81.5 Å². The van der Waals surface area contributed by atoms with Gasteiger partial charge in [-0.3, -0.25) is 4.79 Å². The van der Waals surface area contributed by atoms with Crippen LogP contribution in [0.3, 0.4) is 0 Å². The molecule has 2 aliphatic carbocycles. The number of allylic oxidation sites excluding steroid dienone is 4. The monoisotopic (exact) mass is 214 g/mol. The molecule has 0 amide bonds. The highest BCUT2D eigenvalue weighted by Gasteiger charge is 2.32. The van der Waals surface area contributed by atoms with E-state index in [1.807, 2.05) is 0 Å². The van der Waals surface area contributed by atoms with Gasteiger partial charge in [-0.05, 0) is 12.5 Å². The number of hydrogen-bond acceptors (Lipinski definition) is 3. The number of halogens is 1. The summed E-state index contributed by atoms with van der Waals surface area (Å²) in [4.78, 5) is 11.4. The Bertz CT molecular complexity index is 500. The lowest BCUT2D eigenvalue weighted by Gasteiger charge is -2.09. The van der Waals surface area contributed by atoms with Crippen molar-refractivity contribution in [3.05, 3.63) is 23.0 Å². The zero-order valence-electron chi connectivity index (χ0n) is 7.21. The van der Waals surface area contributed by atoms with E-state index in [0.29, 0.717) is 6.42 Å². The van der Waals surface area contributed by atoms with Crippen molar-refractivity contribution in [1.29, 1.82) is 0 Å². The average Bonchev–Trinajstić information content (AvgIpc) is 2.50. The van der Waals surface area contributed by atoms with Crippen LogP contribution in [0.15, 0.2) is 23.0 Å². The molecule has 0 atom stereocenters. The molecule has 0 unspecified atom stereocenters. The molecule has 5 heteroatoms. The van der Waals surface area contributed by atoms with Gasteiger partial charge in [-0.15, -0.1) is 0 Å². The Balaban J connectivity index is 2.70. The molecule has 0 fully saturated rings. The fourth-order valence-corrected chi connectivity index (χ4v) is 2.40. The summed E-state index contributed by atoms with van der Waals surface area (Å²) in [6.45, 7) is 0. The van der Waals surface area contributed by atoms with Crippen LogP contribution in [0, 0.1) is 0 Å². The molecule has 0 aromatic heterocycles. The normalized spacial score (nSPS) is 21.1. The first-order valence-corrected chi connectivity index (χ1v) is 5.26. The van der Waals surface area contributed by atoms with Crippen molar-refractivity contribution in [3.63, 3.8) is 0 Å². The first-order chi connectivity index (χ1) is 6.61. The molecule has 0 saturated carbocycles. The summed E-state index contributed by atoms with van der Waals surface area (Å²) in [7, 11) is -2.42. The molecule has 0 heterocycles. The van der Waals surface area contributed by atoms with Crippen LogP contribution in [0.2, 0.25) is 0 Å². The van der Waals surface area contributed by atoms with Crippen molar-refractivity contribution in [2.45, 2.75) is 19.3 Å². The maximum Gasteiger partial charge on any atom is 0.218 e. The average molecular weight is 214 g/mol. The predicted octanol–water partition coefficient (Wildman–Crippen LogP) is 0.955. The minimum Gasteiger partial charge on any atom is -0.294 e. The van der Waals surface area contributed by atoms with Crippen molar-refractivity contribution < 1.29 is 17.6 Å². The Morgan fingerprint density at radius 3 is 2.64 bits per heavy atom. The van der Waals surface area contributed by atoms with Gasteiger partial charge < -0.3 is 0 Å². The summed E-state index contributed by atoms with van der Waals surface area (Å²) < 4.78 is 34.7. The highest BCUT2D eigenvalue weighted by Crippen LogP contribution is 2.34. The molecule has 14 heavy (non-hydrogen) atoms. The number of ketones is 1. The van der Waals surface area contributed by atoms with Crippen molar-refractivity contribution in [2.75, 3.05) is 0 Å². The summed E-state index contributed by atoms with van der Waals surface area (Å²) in [6.07, 6.45) is 1.74. The molecule has 2 rings (SSSR count). The van der Waals surface area contributed by atoms with Gasteiger partial charge in [0.15, 0.2) is 5.78 Å². The van der Waals surface area contributed by atoms with Crippen LogP contribution in [0.4, 0.5) is 4.39 Å². The zero-order chi connectivity index (χ0) is 10.3.